The predicted octanol–water partition coefficient (Wildman–Crippen LogP) is 3.94. The zero-order chi connectivity index (χ0) is 19.2. The minimum atomic E-state index is -0.609. The van der Waals surface area contributed by atoms with Crippen LogP contribution in [0.25, 0.3) is 10.9 Å². The van der Waals surface area contributed by atoms with E-state index in [0.717, 1.165) is 12.0 Å². The van der Waals surface area contributed by atoms with Crippen LogP contribution in [0.4, 0.5) is 10.5 Å². The maximum atomic E-state index is 12.2. The topological polar surface area (TPSA) is 90.7 Å². The van der Waals surface area contributed by atoms with Crippen LogP contribution in [0.2, 0.25) is 0 Å². The van der Waals surface area contributed by atoms with Crippen molar-refractivity contribution in [3.05, 3.63) is 64.5 Å². The average molecular weight is 368 g/mol. The molecule has 1 N–H and O–H groups in total. The van der Waals surface area contributed by atoms with Crippen LogP contribution in [0.5, 0.6) is 6.08 Å². The summed E-state index contributed by atoms with van der Waals surface area (Å²) >= 11 is 0. The Morgan fingerprint density at radius 2 is 2.00 bits per heavy atom. The van der Waals surface area contributed by atoms with Crippen LogP contribution in [-0.2, 0) is 4.74 Å². The molecule has 0 saturated heterocycles. The van der Waals surface area contributed by atoms with Crippen LogP contribution < -0.4 is 15.7 Å². The Labute approximate surface area is 155 Å². The Morgan fingerprint density at radius 3 is 2.70 bits per heavy atom. The lowest BCUT2D eigenvalue weighted by Crippen LogP contribution is -2.13. The standard InChI is InChI=1S/C20H20N2O5/c1-3-13(14-7-5-4-6-8-14)12-26-20-22-17-11-15(21-19(24)25-2)9-10-16(17)18(23)27-20/h4-11,13H,3,12H2,1-2H3,(H,21,24). The van der Waals surface area contributed by atoms with Crippen LogP contribution in [0, 0.1) is 0 Å². The molecule has 3 rings (SSSR count). The summed E-state index contributed by atoms with van der Waals surface area (Å²) in [5.41, 5.74) is 1.41. The number of ether oxygens (including phenoxy) is 2. The van der Waals surface area contributed by atoms with Gasteiger partial charge in [-0.2, -0.15) is 4.98 Å². The second kappa shape index (κ2) is 8.35. The van der Waals surface area contributed by atoms with E-state index in [9.17, 15) is 9.59 Å². The summed E-state index contributed by atoms with van der Waals surface area (Å²) < 4.78 is 15.4. The van der Waals surface area contributed by atoms with Gasteiger partial charge in [0.2, 0.25) is 0 Å². The van der Waals surface area contributed by atoms with Crippen molar-refractivity contribution in [1.29, 1.82) is 0 Å². The highest BCUT2D eigenvalue weighted by molar-refractivity contribution is 5.89. The number of rotatable bonds is 6. The van der Waals surface area contributed by atoms with Gasteiger partial charge in [0.15, 0.2) is 0 Å². The molecular weight excluding hydrogens is 348 g/mol. The van der Waals surface area contributed by atoms with Crippen LogP contribution in [0.3, 0.4) is 0 Å². The lowest BCUT2D eigenvalue weighted by Gasteiger charge is -2.15. The van der Waals surface area contributed by atoms with E-state index in [-0.39, 0.29) is 12.0 Å². The first-order valence-electron chi connectivity index (χ1n) is 8.58. The molecule has 27 heavy (non-hydrogen) atoms. The van der Waals surface area contributed by atoms with Gasteiger partial charge in [-0.3, -0.25) is 5.32 Å². The van der Waals surface area contributed by atoms with Crippen molar-refractivity contribution in [2.75, 3.05) is 19.0 Å². The summed E-state index contributed by atoms with van der Waals surface area (Å²) in [6, 6.07) is 14.6. The highest BCUT2D eigenvalue weighted by Crippen LogP contribution is 2.22. The second-order valence-electron chi connectivity index (χ2n) is 5.94. The number of nitrogens with one attached hydrogen (secondary N) is 1. The lowest BCUT2D eigenvalue weighted by molar-refractivity contribution is 0.187. The zero-order valence-corrected chi connectivity index (χ0v) is 15.1. The molecule has 0 fully saturated rings. The van der Waals surface area contributed by atoms with Crippen molar-refractivity contribution in [2.45, 2.75) is 19.3 Å². The van der Waals surface area contributed by atoms with Crippen LogP contribution in [0.15, 0.2) is 57.7 Å². The van der Waals surface area contributed by atoms with Crippen molar-refractivity contribution >= 4 is 22.7 Å². The van der Waals surface area contributed by atoms with Gasteiger partial charge in [-0.05, 0) is 30.2 Å². The van der Waals surface area contributed by atoms with E-state index in [2.05, 4.69) is 22.0 Å². The summed E-state index contributed by atoms with van der Waals surface area (Å²) in [6.45, 7) is 2.40. The predicted molar refractivity (Wildman–Crippen MR) is 101 cm³/mol. The largest absolute Gasteiger partial charge is 0.453 e. The fourth-order valence-electron chi connectivity index (χ4n) is 2.71. The molecule has 1 aromatic heterocycles. The van der Waals surface area contributed by atoms with E-state index >= 15 is 0 Å². The molecule has 7 heteroatoms. The van der Waals surface area contributed by atoms with Gasteiger partial charge in [0.05, 0.1) is 24.6 Å². The third-order valence-electron chi connectivity index (χ3n) is 4.21. The number of carbonyl (C=O) groups is 1. The molecule has 0 aliphatic carbocycles. The molecule has 1 unspecified atom stereocenters. The molecule has 0 saturated carbocycles. The molecule has 0 radical (unpaired) electrons. The lowest BCUT2D eigenvalue weighted by atomic mass is 9.98. The number of amides is 1. The van der Waals surface area contributed by atoms with Crippen molar-refractivity contribution in [1.82, 2.24) is 4.98 Å². The highest BCUT2D eigenvalue weighted by Gasteiger charge is 2.14. The van der Waals surface area contributed by atoms with Crippen LogP contribution >= 0.6 is 0 Å². The van der Waals surface area contributed by atoms with Gasteiger partial charge < -0.3 is 13.9 Å². The zero-order valence-electron chi connectivity index (χ0n) is 15.1. The number of benzene rings is 2. The van der Waals surface area contributed by atoms with Crippen molar-refractivity contribution in [3.8, 4) is 6.08 Å². The Morgan fingerprint density at radius 1 is 1.22 bits per heavy atom. The van der Waals surface area contributed by atoms with E-state index in [4.69, 9.17) is 9.15 Å². The van der Waals surface area contributed by atoms with Gasteiger partial charge >= 0.3 is 17.8 Å². The quantitative estimate of drug-likeness (QED) is 0.709. The Hall–Kier alpha value is -3.35. The van der Waals surface area contributed by atoms with E-state index < -0.39 is 11.7 Å². The van der Waals surface area contributed by atoms with Crippen molar-refractivity contribution < 1.29 is 18.7 Å². The van der Waals surface area contributed by atoms with E-state index in [0.29, 0.717) is 23.2 Å². The SMILES string of the molecule is CCC(COc1nc2cc(NC(=O)OC)ccc2c(=O)o1)c1ccccc1. The number of anilines is 1. The number of methoxy groups -OCH3 is 1. The van der Waals surface area contributed by atoms with Crippen LogP contribution in [-0.4, -0.2) is 24.8 Å². The molecule has 0 bridgehead atoms. The molecule has 7 nitrogen and oxygen atoms in total. The van der Waals surface area contributed by atoms with Gasteiger partial charge in [-0.25, -0.2) is 9.59 Å². The molecule has 0 aliphatic heterocycles. The fourth-order valence-corrected chi connectivity index (χ4v) is 2.71. The number of nitrogens with zero attached hydrogens (tertiary/aromatic N) is 1. The maximum absolute atomic E-state index is 12.2. The molecule has 1 amide bonds. The van der Waals surface area contributed by atoms with E-state index in [1.807, 2.05) is 30.3 Å². The second-order valence-corrected chi connectivity index (χ2v) is 5.94. The monoisotopic (exact) mass is 368 g/mol. The number of aromatic nitrogens is 1. The highest BCUT2D eigenvalue weighted by atomic mass is 16.6. The van der Waals surface area contributed by atoms with Gasteiger partial charge in [0.25, 0.3) is 0 Å². The Kier molecular flexibility index (Phi) is 5.71. The number of hydrogen-bond acceptors (Lipinski definition) is 6. The first-order valence-corrected chi connectivity index (χ1v) is 8.58. The summed E-state index contributed by atoms with van der Waals surface area (Å²) in [7, 11) is 1.27. The van der Waals surface area contributed by atoms with Gasteiger partial charge in [-0.15, -0.1) is 0 Å². The maximum Gasteiger partial charge on any atom is 0.411 e. The molecule has 1 atom stereocenters. The fraction of sp³-hybridized carbons (Fsp3) is 0.250. The number of carbonyl (C=O) groups excluding carboxylic acids is 1. The van der Waals surface area contributed by atoms with Crippen LogP contribution in [0.1, 0.15) is 24.8 Å². The van der Waals surface area contributed by atoms with E-state index in [1.54, 1.807) is 12.1 Å². The van der Waals surface area contributed by atoms with Crippen molar-refractivity contribution in [2.24, 2.45) is 0 Å². The minimum absolute atomic E-state index is 0.0999. The molecule has 0 spiro atoms. The summed E-state index contributed by atoms with van der Waals surface area (Å²) in [6.07, 6.45) is 0.161. The number of hydrogen-bond donors (Lipinski definition) is 1. The third-order valence-corrected chi connectivity index (χ3v) is 4.21. The van der Waals surface area contributed by atoms with Gasteiger partial charge in [0.1, 0.15) is 0 Å². The van der Waals surface area contributed by atoms with Gasteiger partial charge in [-0.1, -0.05) is 37.3 Å². The molecule has 0 aliphatic rings. The molecule has 3 aromatic rings. The normalized spacial score (nSPS) is 11.8. The molecule has 140 valence electrons. The molecule has 1 heterocycles. The molecular formula is C20H20N2O5. The smallest absolute Gasteiger partial charge is 0.411 e. The van der Waals surface area contributed by atoms with Crippen molar-refractivity contribution in [3.63, 3.8) is 0 Å². The third kappa shape index (κ3) is 4.44. The minimum Gasteiger partial charge on any atom is -0.453 e. The Bertz CT molecular complexity index is 985. The average Bonchev–Trinajstić information content (AvgIpc) is 2.69. The number of fused-ring (bicyclic) bond motifs is 1. The summed E-state index contributed by atoms with van der Waals surface area (Å²) in [5, 5.41) is 2.83. The first kappa shape index (κ1) is 18.4. The van der Waals surface area contributed by atoms with Gasteiger partial charge in [0, 0.05) is 11.6 Å². The molecule has 2 aromatic carbocycles. The Balaban J connectivity index is 1.82. The first-order chi connectivity index (χ1) is 13.1. The summed E-state index contributed by atoms with van der Waals surface area (Å²) in [4.78, 5) is 27.8. The van der Waals surface area contributed by atoms with E-state index in [1.165, 1.54) is 13.2 Å². The summed E-state index contributed by atoms with van der Waals surface area (Å²) in [5.74, 6) is 0.154.